The van der Waals surface area contributed by atoms with E-state index < -0.39 is 6.04 Å². The smallest absolute Gasteiger partial charge is 0.252 e. The van der Waals surface area contributed by atoms with Gasteiger partial charge in [-0.25, -0.2) is 0 Å². The Morgan fingerprint density at radius 2 is 2.00 bits per heavy atom. The van der Waals surface area contributed by atoms with Crippen LogP contribution in [0.1, 0.15) is 23.2 Å². The molecule has 2 amide bonds. The average Bonchev–Trinajstić information content (AvgIpc) is 2.58. The monoisotopic (exact) mass is 296 g/mol. The van der Waals surface area contributed by atoms with E-state index in [4.69, 9.17) is 0 Å². The second-order valence-electron chi connectivity index (χ2n) is 5.11. The summed E-state index contributed by atoms with van der Waals surface area (Å²) in [5, 5.41) is 2.81. The molecule has 2 aromatic heterocycles. The number of nitrogens with one attached hydrogen (secondary N) is 1. The minimum absolute atomic E-state index is 0.0957. The highest BCUT2D eigenvalue weighted by Gasteiger charge is 2.31. The summed E-state index contributed by atoms with van der Waals surface area (Å²) >= 11 is 0. The predicted molar refractivity (Wildman–Crippen MR) is 81.3 cm³/mol. The summed E-state index contributed by atoms with van der Waals surface area (Å²) in [4.78, 5) is 34.3. The zero-order valence-corrected chi connectivity index (χ0v) is 12.0. The number of anilines is 1. The molecule has 1 aliphatic heterocycles. The summed E-state index contributed by atoms with van der Waals surface area (Å²) < 4.78 is 0. The fourth-order valence-electron chi connectivity index (χ4n) is 2.52. The van der Waals surface area contributed by atoms with Crippen molar-refractivity contribution in [1.82, 2.24) is 15.3 Å². The second-order valence-corrected chi connectivity index (χ2v) is 5.11. The van der Waals surface area contributed by atoms with Gasteiger partial charge in [-0.05, 0) is 37.1 Å². The van der Waals surface area contributed by atoms with Crippen molar-refractivity contribution in [1.29, 1.82) is 0 Å². The average molecular weight is 296 g/mol. The van der Waals surface area contributed by atoms with Crippen LogP contribution in [-0.2, 0) is 4.79 Å². The van der Waals surface area contributed by atoms with Crippen LogP contribution in [0.5, 0.6) is 0 Å². The minimum Gasteiger partial charge on any atom is -0.340 e. The third-order valence-electron chi connectivity index (χ3n) is 3.64. The van der Waals surface area contributed by atoms with Gasteiger partial charge in [-0.3, -0.25) is 19.6 Å². The van der Waals surface area contributed by atoms with Crippen LogP contribution in [0.15, 0.2) is 49.1 Å². The molecular formula is C16H16N4O2. The lowest BCUT2D eigenvalue weighted by Crippen LogP contribution is -2.52. The third-order valence-corrected chi connectivity index (χ3v) is 3.64. The van der Waals surface area contributed by atoms with Gasteiger partial charge >= 0.3 is 0 Å². The summed E-state index contributed by atoms with van der Waals surface area (Å²) in [6, 6.07) is 6.39. The zero-order valence-electron chi connectivity index (χ0n) is 12.0. The van der Waals surface area contributed by atoms with Gasteiger partial charge in [-0.15, -0.1) is 0 Å². The van der Waals surface area contributed by atoms with Crippen molar-refractivity contribution < 1.29 is 9.59 Å². The van der Waals surface area contributed by atoms with E-state index in [-0.39, 0.29) is 11.8 Å². The van der Waals surface area contributed by atoms with Crippen molar-refractivity contribution >= 4 is 17.5 Å². The molecule has 1 atom stereocenters. The lowest BCUT2D eigenvalue weighted by atomic mass is 10.0. The molecular weight excluding hydrogens is 280 g/mol. The topological polar surface area (TPSA) is 75.2 Å². The summed E-state index contributed by atoms with van der Waals surface area (Å²) in [6.07, 6.45) is 7.92. The largest absolute Gasteiger partial charge is 0.340 e. The van der Waals surface area contributed by atoms with Gasteiger partial charge in [0.25, 0.3) is 5.91 Å². The summed E-state index contributed by atoms with van der Waals surface area (Å²) in [5.41, 5.74) is 1.26. The van der Waals surface area contributed by atoms with Crippen molar-refractivity contribution in [2.24, 2.45) is 0 Å². The van der Waals surface area contributed by atoms with Crippen LogP contribution >= 0.6 is 0 Å². The number of nitrogens with zero attached hydrogens (tertiary/aromatic N) is 3. The first kappa shape index (κ1) is 14.2. The van der Waals surface area contributed by atoms with Gasteiger partial charge in [0.15, 0.2) is 0 Å². The number of hydrogen-bond donors (Lipinski definition) is 1. The van der Waals surface area contributed by atoms with Gasteiger partial charge in [-0.2, -0.15) is 0 Å². The van der Waals surface area contributed by atoms with Gasteiger partial charge in [-0.1, -0.05) is 0 Å². The van der Waals surface area contributed by atoms with E-state index in [1.54, 1.807) is 47.9 Å². The van der Waals surface area contributed by atoms with Crippen LogP contribution in [-0.4, -0.2) is 34.4 Å². The first-order valence-electron chi connectivity index (χ1n) is 7.18. The Balaban J connectivity index is 1.72. The highest BCUT2D eigenvalue weighted by Crippen LogP contribution is 2.20. The van der Waals surface area contributed by atoms with E-state index in [0.717, 1.165) is 12.1 Å². The van der Waals surface area contributed by atoms with E-state index in [9.17, 15) is 9.59 Å². The lowest BCUT2D eigenvalue weighted by Gasteiger charge is -2.32. The van der Waals surface area contributed by atoms with Crippen molar-refractivity contribution in [3.63, 3.8) is 0 Å². The second kappa shape index (κ2) is 6.34. The Kier molecular flexibility index (Phi) is 4.09. The van der Waals surface area contributed by atoms with E-state index in [0.29, 0.717) is 18.5 Å². The molecule has 112 valence electrons. The predicted octanol–water partition coefficient (Wildman–Crippen LogP) is 1.40. The minimum atomic E-state index is -0.505. The molecule has 1 fully saturated rings. The molecule has 0 aliphatic carbocycles. The van der Waals surface area contributed by atoms with Gasteiger partial charge in [0.2, 0.25) is 5.91 Å². The van der Waals surface area contributed by atoms with Crippen molar-refractivity contribution in [3.05, 3.63) is 54.6 Å². The molecule has 0 spiro atoms. The maximum absolute atomic E-state index is 12.6. The SMILES string of the molecule is O=C(N[C@H]1CCCN(c2cccnc2)C1=O)c1ccncc1. The molecule has 1 saturated heterocycles. The molecule has 2 aromatic rings. The van der Waals surface area contributed by atoms with E-state index >= 15 is 0 Å². The Morgan fingerprint density at radius 3 is 2.73 bits per heavy atom. The molecule has 3 rings (SSSR count). The summed E-state index contributed by atoms with van der Waals surface area (Å²) in [7, 11) is 0. The number of piperidine rings is 1. The third kappa shape index (κ3) is 2.95. The van der Waals surface area contributed by atoms with E-state index in [1.807, 2.05) is 6.07 Å². The Morgan fingerprint density at radius 1 is 1.18 bits per heavy atom. The number of amides is 2. The zero-order chi connectivity index (χ0) is 15.4. The van der Waals surface area contributed by atoms with Crippen LogP contribution in [0.4, 0.5) is 5.69 Å². The Bertz CT molecular complexity index is 660. The molecule has 1 aliphatic rings. The molecule has 3 heterocycles. The molecule has 0 bridgehead atoms. The Labute approximate surface area is 128 Å². The normalized spacial score (nSPS) is 18.1. The van der Waals surface area contributed by atoms with Gasteiger partial charge < -0.3 is 10.2 Å². The number of hydrogen-bond acceptors (Lipinski definition) is 4. The van der Waals surface area contributed by atoms with Crippen LogP contribution in [0.2, 0.25) is 0 Å². The van der Waals surface area contributed by atoms with Crippen molar-refractivity contribution in [3.8, 4) is 0 Å². The quantitative estimate of drug-likeness (QED) is 0.929. The molecule has 1 N–H and O–H groups in total. The lowest BCUT2D eigenvalue weighted by molar-refractivity contribution is -0.121. The molecule has 22 heavy (non-hydrogen) atoms. The van der Waals surface area contributed by atoms with Crippen LogP contribution in [0.3, 0.4) is 0 Å². The number of rotatable bonds is 3. The number of aromatic nitrogens is 2. The Hall–Kier alpha value is -2.76. The van der Waals surface area contributed by atoms with Crippen LogP contribution in [0, 0.1) is 0 Å². The molecule has 6 nitrogen and oxygen atoms in total. The summed E-state index contributed by atoms with van der Waals surface area (Å²) in [5.74, 6) is -0.351. The molecule has 0 aromatic carbocycles. The van der Waals surface area contributed by atoms with Gasteiger partial charge in [0, 0.05) is 30.7 Å². The maximum atomic E-state index is 12.6. The number of pyridine rings is 2. The fourth-order valence-corrected chi connectivity index (χ4v) is 2.52. The molecule has 0 radical (unpaired) electrons. The molecule has 0 saturated carbocycles. The van der Waals surface area contributed by atoms with Gasteiger partial charge in [0.1, 0.15) is 6.04 Å². The number of carbonyl (C=O) groups is 2. The number of carbonyl (C=O) groups excluding carboxylic acids is 2. The van der Waals surface area contributed by atoms with Crippen molar-refractivity contribution in [2.75, 3.05) is 11.4 Å². The first-order valence-corrected chi connectivity index (χ1v) is 7.18. The van der Waals surface area contributed by atoms with Crippen molar-refractivity contribution in [2.45, 2.75) is 18.9 Å². The van der Waals surface area contributed by atoms with Crippen LogP contribution < -0.4 is 10.2 Å². The molecule has 6 heteroatoms. The van der Waals surface area contributed by atoms with E-state index in [2.05, 4.69) is 15.3 Å². The first-order chi connectivity index (χ1) is 10.8. The van der Waals surface area contributed by atoms with E-state index in [1.165, 1.54) is 0 Å². The van der Waals surface area contributed by atoms with Gasteiger partial charge in [0.05, 0.1) is 11.9 Å². The summed E-state index contributed by atoms with van der Waals surface area (Å²) in [6.45, 7) is 0.645. The standard InChI is InChI=1S/C16H16N4O2/c21-15(12-5-8-17-9-6-12)19-14-4-2-10-20(16(14)22)13-3-1-7-18-11-13/h1,3,5-9,11,14H,2,4,10H2,(H,19,21)/t14-/m0/s1. The fraction of sp³-hybridized carbons (Fsp3) is 0.250. The highest BCUT2D eigenvalue weighted by atomic mass is 16.2. The highest BCUT2D eigenvalue weighted by molar-refractivity contribution is 6.02. The molecule has 0 unspecified atom stereocenters. The maximum Gasteiger partial charge on any atom is 0.252 e. The van der Waals surface area contributed by atoms with Crippen LogP contribution in [0.25, 0.3) is 0 Å².